The summed E-state index contributed by atoms with van der Waals surface area (Å²) in [6.45, 7) is 1.82. The van der Waals surface area contributed by atoms with Crippen LogP contribution in [0.2, 0.25) is 5.02 Å². The van der Waals surface area contributed by atoms with E-state index in [1.165, 1.54) is 0 Å². The van der Waals surface area contributed by atoms with Crippen molar-refractivity contribution in [3.8, 4) is 11.8 Å². The smallest absolute Gasteiger partial charge is 0.0772 e. The zero-order valence-corrected chi connectivity index (χ0v) is 9.38. The highest BCUT2D eigenvalue weighted by atomic mass is 35.5. The lowest BCUT2D eigenvalue weighted by Gasteiger charge is -2.14. The van der Waals surface area contributed by atoms with Crippen molar-refractivity contribution in [2.45, 2.75) is 25.8 Å². The van der Waals surface area contributed by atoms with Gasteiger partial charge >= 0.3 is 0 Å². The van der Waals surface area contributed by atoms with Gasteiger partial charge in [0.15, 0.2) is 0 Å². The van der Waals surface area contributed by atoms with E-state index >= 15 is 0 Å². The van der Waals surface area contributed by atoms with E-state index in [1.807, 2.05) is 6.92 Å². The summed E-state index contributed by atoms with van der Waals surface area (Å²) in [7, 11) is 0. The van der Waals surface area contributed by atoms with E-state index in [0.717, 1.165) is 18.5 Å². The molecule has 0 bridgehead atoms. The number of pyridine rings is 1. The summed E-state index contributed by atoms with van der Waals surface area (Å²) in [6, 6.07) is 3.56. The molecule has 1 heterocycles. The third kappa shape index (κ3) is 3.52. The summed E-state index contributed by atoms with van der Waals surface area (Å²) in [6.07, 6.45) is 3.28. The molecule has 80 valence electrons. The van der Waals surface area contributed by atoms with Crippen molar-refractivity contribution >= 4 is 11.6 Å². The highest BCUT2D eigenvalue weighted by Gasteiger charge is 2.13. The highest BCUT2D eigenvalue weighted by molar-refractivity contribution is 6.31. The van der Waals surface area contributed by atoms with Gasteiger partial charge in [-0.2, -0.15) is 0 Å². The van der Waals surface area contributed by atoms with E-state index in [9.17, 15) is 0 Å². The molecule has 0 aliphatic rings. The molecule has 1 rings (SSSR count). The van der Waals surface area contributed by atoms with Gasteiger partial charge in [-0.05, 0) is 25.5 Å². The molecule has 1 atom stereocenters. The van der Waals surface area contributed by atoms with Crippen LogP contribution in [0.3, 0.4) is 0 Å². The maximum Gasteiger partial charge on any atom is 0.0772 e. The summed E-state index contributed by atoms with van der Waals surface area (Å²) in [5.41, 5.74) is 3.48. The predicted molar refractivity (Wildman–Crippen MR) is 62.0 cm³/mol. The average molecular weight is 224 g/mol. The lowest BCUT2D eigenvalue weighted by atomic mass is 10.1. The molecule has 0 aliphatic carbocycles. The van der Waals surface area contributed by atoms with Crippen LogP contribution >= 0.6 is 11.6 Å². The molecule has 0 aromatic carbocycles. The molecule has 0 saturated heterocycles. The quantitative estimate of drug-likeness (QED) is 0.467. The molecule has 15 heavy (non-hydrogen) atoms. The molecule has 1 unspecified atom stereocenters. The first-order valence-electron chi connectivity index (χ1n) is 4.75. The summed E-state index contributed by atoms with van der Waals surface area (Å²) < 4.78 is 0. The number of aromatic nitrogens is 1. The second-order valence-electron chi connectivity index (χ2n) is 3.06. The fraction of sp³-hybridized carbons (Fsp3) is 0.364. The maximum absolute atomic E-state index is 6.02. The SMILES string of the molecule is CC#CCCC(NN)c1ncccc1Cl. The summed E-state index contributed by atoms with van der Waals surface area (Å²) in [5, 5.41) is 0.630. The van der Waals surface area contributed by atoms with E-state index in [0.29, 0.717) is 5.02 Å². The van der Waals surface area contributed by atoms with Crippen LogP contribution in [-0.4, -0.2) is 4.98 Å². The first kappa shape index (κ1) is 12.0. The van der Waals surface area contributed by atoms with Gasteiger partial charge < -0.3 is 0 Å². The maximum atomic E-state index is 6.02. The Bertz CT molecular complexity index is 368. The van der Waals surface area contributed by atoms with E-state index < -0.39 is 0 Å². The molecule has 0 fully saturated rings. The van der Waals surface area contributed by atoms with Crippen LogP contribution in [0.1, 0.15) is 31.5 Å². The monoisotopic (exact) mass is 223 g/mol. The van der Waals surface area contributed by atoms with Gasteiger partial charge in [-0.15, -0.1) is 11.8 Å². The van der Waals surface area contributed by atoms with Crippen LogP contribution in [0.15, 0.2) is 18.3 Å². The van der Waals surface area contributed by atoms with Crippen molar-refractivity contribution in [3.63, 3.8) is 0 Å². The van der Waals surface area contributed by atoms with Gasteiger partial charge in [0.1, 0.15) is 0 Å². The Morgan fingerprint density at radius 2 is 2.47 bits per heavy atom. The lowest BCUT2D eigenvalue weighted by Crippen LogP contribution is -2.28. The van der Waals surface area contributed by atoms with Gasteiger partial charge in [0, 0.05) is 12.6 Å². The molecule has 0 spiro atoms. The number of hydrogen-bond acceptors (Lipinski definition) is 3. The fourth-order valence-corrected chi connectivity index (χ4v) is 1.55. The van der Waals surface area contributed by atoms with Crippen LogP contribution in [0.4, 0.5) is 0 Å². The molecule has 3 N–H and O–H groups in total. The zero-order valence-electron chi connectivity index (χ0n) is 8.63. The summed E-state index contributed by atoms with van der Waals surface area (Å²) in [5.74, 6) is 11.3. The van der Waals surface area contributed by atoms with Crippen LogP contribution < -0.4 is 11.3 Å². The molecular weight excluding hydrogens is 210 g/mol. The van der Waals surface area contributed by atoms with Crippen molar-refractivity contribution in [2.24, 2.45) is 5.84 Å². The minimum Gasteiger partial charge on any atom is -0.271 e. The Balaban J connectivity index is 2.72. The molecule has 0 amide bonds. The van der Waals surface area contributed by atoms with E-state index in [4.69, 9.17) is 17.4 Å². The van der Waals surface area contributed by atoms with Crippen LogP contribution in [-0.2, 0) is 0 Å². The number of nitrogens with two attached hydrogens (primary N) is 1. The molecule has 1 aromatic rings. The van der Waals surface area contributed by atoms with Crippen molar-refractivity contribution in [3.05, 3.63) is 29.0 Å². The van der Waals surface area contributed by atoms with Crippen LogP contribution in [0.5, 0.6) is 0 Å². The molecule has 1 aromatic heterocycles. The molecule has 0 saturated carbocycles. The third-order valence-electron chi connectivity index (χ3n) is 2.05. The summed E-state index contributed by atoms with van der Waals surface area (Å²) in [4.78, 5) is 4.21. The summed E-state index contributed by atoms with van der Waals surface area (Å²) >= 11 is 6.02. The van der Waals surface area contributed by atoms with Gasteiger partial charge in [-0.25, -0.2) is 0 Å². The predicted octanol–water partition coefficient (Wildman–Crippen LogP) is 2.04. The van der Waals surface area contributed by atoms with Crippen molar-refractivity contribution in [1.82, 2.24) is 10.4 Å². The van der Waals surface area contributed by atoms with E-state index in [-0.39, 0.29) is 6.04 Å². The first-order valence-corrected chi connectivity index (χ1v) is 5.13. The highest BCUT2D eigenvalue weighted by Crippen LogP contribution is 2.22. The molecule has 0 radical (unpaired) electrons. The molecule has 4 heteroatoms. The minimum absolute atomic E-state index is 0.0421. The zero-order chi connectivity index (χ0) is 11.1. The van der Waals surface area contributed by atoms with Gasteiger partial charge in [0.05, 0.1) is 16.8 Å². The molecule has 0 aliphatic heterocycles. The average Bonchev–Trinajstić information content (AvgIpc) is 2.26. The Hall–Kier alpha value is -1.08. The molecule has 3 nitrogen and oxygen atoms in total. The Kier molecular flexibility index (Phi) is 5.13. The number of hydrogen-bond donors (Lipinski definition) is 2. The number of rotatable bonds is 4. The second kappa shape index (κ2) is 6.41. The second-order valence-corrected chi connectivity index (χ2v) is 3.46. The van der Waals surface area contributed by atoms with E-state index in [1.54, 1.807) is 18.3 Å². The van der Waals surface area contributed by atoms with Crippen molar-refractivity contribution < 1.29 is 0 Å². The minimum atomic E-state index is -0.0421. The van der Waals surface area contributed by atoms with Gasteiger partial charge in [0.25, 0.3) is 0 Å². The van der Waals surface area contributed by atoms with Crippen LogP contribution in [0, 0.1) is 11.8 Å². The Labute approximate surface area is 95.0 Å². The van der Waals surface area contributed by atoms with Gasteiger partial charge in [-0.3, -0.25) is 16.3 Å². The topological polar surface area (TPSA) is 50.9 Å². The van der Waals surface area contributed by atoms with Crippen LogP contribution in [0.25, 0.3) is 0 Å². The number of nitrogens with zero attached hydrogens (tertiary/aromatic N) is 1. The first-order chi connectivity index (χ1) is 7.29. The Morgan fingerprint density at radius 1 is 1.67 bits per heavy atom. The number of halogens is 1. The van der Waals surface area contributed by atoms with Crippen molar-refractivity contribution in [1.29, 1.82) is 0 Å². The third-order valence-corrected chi connectivity index (χ3v) is 2.37. The van der Waals surface area contributed by atoms with Crippen molar-refractivity contribution in [2.75, 3.05) is 0 Å². The van der Waals surface area contributed by atoms with Gasteiger partial charge in [0.2, 0.25) is 0 Å². The standard InChI is InChI=1S/C11H14ClN3/c1-2-3-4-7-10(15-13)11-9(12)6-5-8-14-11/h5-6,8,10,15H,4,7,13H2,1H3. The van der Waals surface area contributed by atoms with E-state index in [2.05, 4.69) is 22.3 Å². The largest absolute Gasteiger partial charge is 0.271 e. The van der Waals surface area contributed by atoms with Gasteiger partial charge in [-0.1, -0.05) is 11.6 Å². The number of hydrazine groups is 1. The lowest BCUT2D eigenvalue weighted by molar-refractivity contribution is 0.512. The number of nitrogens with one attached hydrogen (secondary N) is 1. The normalized spacial score (nSPS) is 11.7. The molecular formula is C11H14ClN3. The fourth-order valence-electron chi connectivity index (χ4n) is 1.29. The Morgan fingerprint density at radius 3 is 3.07 bits per heavy atom.